The summed E-state index contributed by atoms with van der Waals surface area (Å²) >= 11 is 0. The van der Waals surface area contributed by atoms with Crippen LogP contribution in [0.25, 0.3) is 0 Å². The zero-order valence-electron chi connectivity index (χ0n) is 15.6. The van der Waals surface area contributed by atoms with Crippen molar-refractivity contribution in [3.05, 3.63) is 30.0 Å². The van der Waals surface area contributed by atoms with Crippen molar-refractivity contribution >= 4 is 10.0 Å². The fraction of sp³-hybridized carbons (Fsp3) is 0.588. The van der Waals surface area contributed by atoms with Gasteiger partial charge in [0.25, 0.3) is 0 Å². The van der Waals surface area contributed by atoms with Gasteiger partial charge >= 0.3 is 0 Å². The number of rotatable bonds is 5. The van der Waals surface area contributed by atoms with Crippen LogP contribution in [0.1, 0.15) is 44.1 Å². The van der Waals surface area contributed by atoms with Gasteiger partial charge in [-0.1, -0.05) is 0 Å². The van der Waals surface area contributed by atoms with Crippen molar-refractivity contribution in [1.29, 1.82) is 0 Å². The molecule has 1 fully saturated rings. The Morgan fingerprint density at radius 3 is 2.65 bits per heavy atom. The van der Waals surface area contributed by atoms with Crippen molar-refractivity contribution in [2.45, 2.75) is 57.6 Å². The van der Waals surface area contributed by atoms with E-state index in [4.69, 9.17) is 4.74 Å². The maximum absolute atomic E-state index is 13.3. The SMILES string of the molecule is Cc1nn(C(C)C)c(C)c1S(=O)(=O)N1CCCC(Oc2cnccn2)C1. The lowest BCUT2D eigenvalue weighted by Crippen LogP contribution is -2.44. The molecule has 2 aromatic rings. The first kappa shape index (κ1) is 18.8. The maximum Gasteiger partial charge on any atom is 0.246 e. The largest absolute Gasteiger partial charge is 0.472 e. The van der Waals surface area contributed by atoms with Gasteiger partial charge in [-0.3, -0.25) is 9.67 Å². The van der Waals surface area contributed by atoms with Crippen molar-refractivity contribution in [3.63, 3.8) is 0 Å². The molecule has 0 radical (unpaired) electrons. The second-order valence-corrected chi connectivity index (χ2v) is 8.70. The summed E-state index contributed by atoms with van der Waals surface area (Å²) in [6.45, 7) is 8.31. The highest BCUT2D eigenvalue weighted by Crippen LogP contribution is 2.28. The molecule has 142 valence electrons. The van der Waals surface area contributed by atoms with Crippen LogP contribution < -0.4 is 4.74 Å². The summed E-state index contributed by atoms with van der Waals surface area (Å²) < 4.78 is 35.6. The standard InChI is InChI=1S/C17H25N5O3S/c1-12(2)22-14(4)17(13(3)20-22)26(23,24)21-9-5-6-15(11-21)25-16-10-18-7-8-19-16/h7-8,10,12,15H,5-6,9,11H2,1-4H3. The zero-order valence-corrected chi connectivity index (χ0v) is 16.4. The fourth-order valence-electron chi connectivity index (χ4n) is 3.39. The topological polar surface area (TPSA) is 90.2 Å². The Bertz CT molecular complexity index is 864. The molecule has 0 N–H and O–H groups in total. The minimum atomic E-state index is -3.63. The van der Waals surface area contributed by atoms with Crippen LogP contribution in [-0.4, -0.2) is 51.7 Å². The molecule has 3 rings (SSSR count). The van der Waals surface area contributed by atoms with Gasteiger partial charge in [-0.2, -0.15) is 9.40 Å². The first-order valence-corrected chi connectivity index (χ1v) is 10.2. The highest BCUT2D eigenvalue weighted by Gasteiger charge is 2.35. The maximum atomic E-state index is 13.3. The number of hydrogen-bond acceptors (Lipinski definition) is 6. The Balaban J connectivity index is 1.83. The van der Waals surface area contributed by atoms with E-state index in [2.05, 4.69) is 15.1 Å². The molecule has 0 aliphatic carbocycles. The average Bonchev–Trinajstić information content (AvgIpc) is 2.91. The molecule has 0 amide bonds. The van der Waals surface area contributed by atoms with E-state index in [-0.39, 0.29) is 12.1 Å². The van der Waals surface area contributed by atoms with Crippen molar-refractivity contribution in [2.75, 3.05) is 13.1 Å². The van der Waals surface area contributed by atoms with E-state index >= 15 is 0 Å². The lowest BCUT2D eigenvalue weighted by atomic mass is 10.1. The van der Waals surface area contributed by atoms with E-state index in [1.807, 2.05) is 20.8 Å². The molecule has 26 heavy (non-hydrogen) atoms. The second kappa shape index (κ2) is 7.32. The normalized spacial score (nSPS) is 19.0. The summed E-state index contributed by atoms with van der Waals surface area (Å²) in [6, 6.07) is 0.103. The zero-order chi connectivity index (χ0) is 18.9. The summed E-state index contributed by atoms with van der Waals surface area (Å²) in [5, 5.41) is 4.42. The molecule has 3 heterocycles. The van der Waals surface area contributed by atoms with Gasteiger partial charge in [0, 0.05) is 25.0 Å². The minimum Gasteiger partial charge on any atom is -0.472 e. The van der Waals surface area contributed by atoms with Crippen LogP contribution in [0.5, 0.6) is 5.88 Å². The molecule has 0 bridgehead atoms. The first-order valence-electron chi connectivity index (χ1n) is 8.79. The third-order valence-electron chi connectivity index (χ3n) is 4.51. The quantitative estimate of drug-likeness (QED) is 0.790. The fourth-order valence-corrected chi connectivity index (χ4v) is 5.26. The highest BCUT2D eigenvalue weighted by atomic mass is 32.2. The van der Waals surface area contributed by atoms with Gasteiger partial charge < -0.3 is 4.74 Å². The van der Waals surface area contributed by atoms with Gasteiger partial charge in [0.05, 0.1) is 24.1 Å². The van der Waals surface area contributed by atoms with Crippen LogP contribution in [-0.2, 0) is 10.0 Å². The van der Waals surface area contributed by atoms with Crippen molar-refractivity contribution < 1.29 is 13.2 Å². The van der Waals surface area contributed by atoms with Crippen molar-refractivity contribution in [2.24, 2.45) is 0 Å². The van der Waals surface area contributed by atoms with Crippen molar-refractivity contribution in [3.8, 4) is 5.88 Å². The third-order valence-corrected chi connectivity index (χ3v) is 6.63. The summed E-state index contributed by atoms with van der Waals surface area (Å²) in [7, 11) is -3.63. The van der Waals surface area contributed by atoms with Crippen LogP contribution in [0.15, 0.2) is 23.5 Å². The smallest absolute Gasteiger partial charge is 0.246 e. The van der Waals surface area contributed by atoms with E-state index in [1.54, 1.807) is 24.0 Å². The van der Waals surface area contributed by atoms with Gasteiger partial charge in [0.1, 0.15) is 11.0 Å². The molecule has 1 unspecified atom stereocenters. The van der Waals surface area contributed by atoms with Crippen LogP contribution in [0, 0.1) is 13.8 Å². The number of sulfonamides is 1. The molecule has 0 aromatic carbocycles. The van der Waals surface area contributed by atoms with Crippen molar-refractivity contribution in [1.82, 2.24) is 24.1 Å². The van der Waals surface area contributed by atoms with E-state index in [9.17, 15) is 8.42 Å². The molecule has 1 saturated heterocycles. The number of piperidine rings is 1. The number of ether oxygens (including phenoxy) is 1. The summed E-state index contributed by atoms with van der Waals surface area (Å²) in [5.74, 6) is 0.414. The highest BCUT2D eigenvalue weighted by molar-refractivity contribution is 7.89. The Kier molecular flexibility index (Phi) is 5.29. The Morgan fingerprint density at radius 1 is 1.27 bits per heavy atom. The van der Waals surface area contributed by atoms with Crippen LogP contribution >= 0.6 is 0 Å². The van der Waals surface area contributed by atoms with Crippen LogP contribution in [0.2, 0.25) is 0 Å². The van der Waals surface area contributed by atoms with Gasteiger partial charge in [-0.15, -0.1) is 0 Å². The number of aromatic nitrogens is 4. The molecular formula is C17H25N5O3S. The van der Waals surface area contributed by atoms with E-state index in [1.165, 1.54) is 10.5 Å². The minimum absolute atomic E-state index is 0.103. The lowest BCUT2D eigenvalue weighted by molar-refractivity contribution is 0.124. The molecular weight excluding hydrogens is 354 g/mol. The van der Waals surface area contributed by atoms with E-state index in [0.717, 1.165) is 12.8 Å². The third kappa shape index (κ3) is 3.59. The van der Waals surface area contributed by atoms with Gasteiger partial charge in [-0.05, 0) is 40.5 Å². The van der Waals surface area contributed by atoms with Gasteiger partial charge in [0.2, 0.25) is 15.9 Å². The van der Waals surface area contributed by atoms with Gasteiger partial charge in [0.15, 0.2) is 0 Å². The van der Waals surface area contributed by atoms with Crippen LogP contribution in [0.3, 0.4) is 0 Å². The summed E-state index contributed by atoms with van der Waals surface area (Å²) in [6.07, 6.45) is 5.94. The van der Waals surface area contributed by atoms with E-state index in [0.29, 0.717) is 35.3 Å². The molecule has 2 aromatic heterocycles. The molecule has 0 spiro atoms. The molecule has 1 atom stereocenters. The van der Waals surface area contributed by atoms with Gasteiger partial charge in [-0.25, -0.2) is 13.4 Å². The van der Waals surface area contributed by atoms with Crippen LogP contribution in [0.4, 0.5) is 0 Å². The Labute approximate surface area is 154 Å². The number of nitrogens with zero attached hydrogens (tertiary/aromatic N) is 5. The predicted octanol–water partition coefficient (Wildman–Crippen LogP) is 2.10. The first-order chi connectivity index (χ1) is 12.3. The molecule has 1 aliphatic rings. The summed E-state index contributed by atoms with van der Waals surface area (Å²) in [4.78, 5) is 8.39. The Hall–Kier alpha value is -2.00. The van der Waals surface area contributed by atoms with E-state index < -0.39 is 10.0 Å². The summed E-state index contributed by atoms with van der Waals surface area (Å²) in [5.41, 5.74) is 1.21. The second-order valence-electron chi connectivity index (χ2n) is 6.83. The lowest BCUT2D eigenvalue weighted by Gasteiger charge is -2.31. The molecule has 0 saturated carbocycles. The average molecular weight is 379 g/mol. The predicted molar refractivity (Wildman–Crippen MR) is 96.5 cm³/mol. The number of hydrogen-bond donors (Lipinski definition) is 0. The Morgan fingerprint density at radius 2 is 2.04 bits per heavy atom. The molecule has 9 heteroatoms. The monoisotopic (exact) mass is 379 g/mol. The number of aryl methyl sites for hydroxylation is 1. The molecule has 1 aliphatic heterocycles. The molecule has 8 nitrogen and oxygen atoms in total.